The number of rotatable bonds is 11. The van der Waals surface area contributed by atoms with Gasteiger partial charge in [0.2, 0.25) is 11.6 Å². The number of nitrogens with zero attached hydrogens (tertiary/aromatic N) is 2. The van der Waals surface area contributed by atoms with Gasteiger partial charge in [0.15, 0.2) is 0 Å². The molecule has 2 rings (SSSR count). The molecular formula is C16H34N2O14P4S2+2. The molecule has 16 nitrogen and oxygen atoms in total. The van der Waals surface area contributed by atoms with Crippen LogP contribution in [0.2, 0.25) is 0 Å². The first-order valence-electron chi connectivity index (χ1n) is 11.5. The Morgan fingerprint density at radius 3 is 1.18 bits per heavy atom. The fraction of sp³-hybridized carbons (Fsp3) is 0.875. The third-order valence-electron chi connectivity index (χ3n) is 6.86. The lowest BCUT2D eigenvalue weighted by molar-refractivity contribution is -0.768. The SMILES string of the molecule is O=C(CCSSCCC(=O)[N+]1(P(=O)(O)O)CCCCC1P(=O)(O)O)[N+]1(P(=O)(O)O)CCCCC1P(=O)(O)O. The third kappa shape index (κ3) is 7.30. The Morgan fingerprint density at radius 2 is 0.921 bits per heavy atom. The average Bonchev–Trinajstić information content (AvgIpc) is 2.78. The van der Waals surface area contributed by atoms with Crippen molar-refractivity contribution >= 4 is 64.1 Å². The number of amides is 2. The predicted molar refractivity (Wildman–Crippen MR) is 138 cm³/mol. The van der Waals surface area contributed by atoms with Gasteiger partial charge in [0.25, 0.3) is 0 Å². The Bertz CT molecular complexity index is 1000. The maximum atomic E-state index is 13.0. The molecule has 2 fully saturated rings. The number of likely N-dealkylation sites (tertiary alicyclic amines) is 2. The van der Waals surface area contributed by atoms with Crippen LogP contribution in [0.4, 0.5) is 0 Å². The van der Waals surface area contributed by atoms with Gasteiger partial charge in [-0.05, 0) is 25.7 Å². The number of hydrogen-bond acceptors (Lipinski definition) is 8. The molecular weight excluding hydrogens is 632 g/mol. The minimum absolute atomic E-state index is 0.0465. The van der Waals surface area contributed by atoms with Gasteiger partial charge in [-0.15, -0.1) is 0 Å². The van der Waals surface area contributed by atoms with E-state index < -0.39 is 88.5 Å². The van der Waals surface area contributed by atoms with Gasteiger partial charge in [-0.1, -0.05) is 21.6 Å². The van der Waals surface area contributed by atoms with Crippen LogP contribution in [0.15, 0.2) is 0 Å². The largest absolute Gasteiger partial charge is 0.534 e. The molecule has 22 heteroatoms. The Morgan fingerprint density at radius 1 is 0.605 bits per heavy atom. The van der Waals surface area contributed by atoms with Gasteiger partial charge in [-0.25, -0.2) is 18.7 Å². The smallest absolute Gasteiger partial charge is 0.320 e. The molecule has 0 bridgehead atoms. The van der Waals surface area contributed by atoms with E-state index in [0.29, 0.717) is 12.8 Å². The normalized spacial score (nSPS) is 29.7. The van der Waals surface area contributed by atoms with Gasteiger partial charge in [0.1, 0.15) is 0 Å². The molecule has 0 spiro atoms. The second-order valence-corrected chi connectivity index (χ2v) is 18.9. The standard InChI is InChI=1S/C16H32N2O14P4S2/c19-13(17(35(27,28)29)9-3-1-5-15(17)33(21,22)23)7-11-37-38-12-8-14(20)18(36(30,31)32)10-4-2-6-16(18)34(24,25)26/h15-16H,1-12H2,(H6-2,21,22,23,24,25,26,27,28,29,30,31,32)/p+2. The molecule has 222 valence electrons. The van der Waals surface area contributed by atoms with Crippen LogP contribution in [0.3, 0.4) is 0 Å². The van der Waals surface area contributed by atoms with E-state index in [1.165, 1.54) is 0 Å². The van der Waals surface area contributed by atoms with Gasteiger partial charge >= 0.3 is 42.5 Å². The minimum Gasteiger partial charge on any atom is -0.320 e. The molecule has 4 atom stereocenters. The molecule has 2 aliphatic heterocycles. The summed E-state index contributed by atoms with van der Waals surface area (Å²) in [5, 5.41) is 0. The first kappa shape index (κ1) is 34.8. The zero-order valence-electron chi connectivity index (χ0n) is 20.2. The molecule has 2 aliphatic rings. The van der Waals surface area contributed by atoms with Crippen molar-refractivity contribution in [3.8, 4) is 0 Å². The van der Waals surface area contributed by atoms with Crippen molar-refractivity contribution in [1.29, 1.82) is 0 Å². The quantitative estimate of drug-likeness (QED) is 0.0880. The van der Waals surface area contributed by atoms with Crippen LogP contribution >= 0.6 is 52.3 Å². The molecule has 0 radical (unpaired) electrons. The van der Waals surface area contributed by atoms with Crippen LogP contribution in [-0.4, -0.2) is 95.6 Å². The zero-order valence-corrected chi connectivity index (χ0v) is 25.4. The van der Waals surface area contributed by atoms with Crippen LogP contribution < -0.4 is 0 Å². The average molecular weight is 666 g/mol. The van der Waals surface area contributed by atoms with Crippen molar-refractivity contribution in [3.05, 3.63) is 0 Å². The first-order chi connectivity index (χ1) is 17.2. The van der Waals surface area contributed by atoms with Gasteiger partial charge in [-0.2, -0.15) is 8.51 Å². The van der Waals surface area contributed by atoms with Crippen molar-refractivity contribution < 1.29 is 75.5 Å². The summed E-state index contributed by atoms with van der Waals surface area (Å²) in [6.45, 7) is -0.845. The highest BCUT2D eigenvalue weighted by molar-refractivity contribution is 8.76. The van der Waals surface area contributed by atoms with Crippen molar-refractivity contribution in [3.63, 3.8) is 0 Å². The van der Waals surface area contributed by atoms with Gasteiger partial charge in [0, 0.05) is 24.3 Å². The monoisotopic (exact) mass is 666 g/mol. The lowest BCUT2D eigenvalue weighted by Crippen LogP contribution is -2.58. The Kier molecular flexibility index (Phi) is 11.7. The Labute approximate surface area is 226 Å². The lowest BCUT2D eigenvalue weighted by atomic mass is 10.1. The second-order valence-electron chi connectivity index (χ2n) is 9.19. The minimum atomic E-state index is -5.32. The molecule has 0 aliphatic carbocycles. The van der Waals surface area contributed by atoms with E-state index in [-0.39, 0.29) is 37.2 Å². The summed E-state index contributed by atoms with van der Waals surface area (Å²) in [4.78, 5) is 104. The number of carbonyl (C=O) groups is 2. The van der Waals surface area contributed by atoms with E-state index in [2.05, 4.69) is 0 Å². The van der Waals surface area contributed by atoms with Gasteiger partial charge in [-0.3, -0.25) is 28.7 Å². The van der Waals surface area contributed by atoms with Gasteiger partial charge < -0.3 is 19.6 Å². The van der Waals surface area contributed by atoms with E-state index in [0.717, 1.165) is 21.6 Å². The summed E-state index contributed by atoms with van der Waals surface area (Å²) in [6.07, 6.45) is -0.413. The number of carbonyl (C=O) groups excluding carboxylic acids is 2. The summed E-state index contributed by atoms with van der Waals surface area (Å²) >= 11 is 0. The Balaban J connectivity index is 2.03. The second kappa shape index (κ2) is 12.8. The van der Waals surface area contributed by atoms with E-state index in [4.69, 9.17) is 0 Å². The van der Waals surface area contributed by atoms with E-state index in [9.17, 15) is 67.0 Å². The zero-order chi connectivity index (χ0) is 29.2. The molecule has 0 aromatic rings. The predicted octanol–water partition coefficient (Wildman–Crippen LogP) is 1.40. The van der Waals surface area contributed by atoms with E-state index >= 15 is 0 Å². The molecule has 4 unspecified atom stereocenters. The van der Waals surface area contributed by atoms with Crippen LogP contribution in [0.25, 0.3) is 0 Å². The highest BCUT2D eigenvalue weighted by Crippen LogP contribution is 2.64. The van der Waals surface area contributed by atoms with Crippen LogP contribution in [0.5, 0.6) is 0 Å². The number of piperidine rings is 2. The van der Waals surface area contributed by atoms with Crippen LogP contribution in [0.1, 0.15) is 51.4 Å². The molecule has 38 heavy (non-hydrogen) atoms. The molecule has 0 aromatic heterocycles. The highest BCUT2D eigenvalue weighted by Gasteiger charge is 2.65. The fourth-order valence-electron chi connectivity index (χ4n) is 5.16. The molecule has 2 saturated heterocycles. The maximum Gasteiger partial charge on any atom is 0.534 e. The fourth-order valence-corrected chi connectivity index (χ4v) is 13.8. The van der Waals surface area contributed by atoms with Crippen molar-refractivity contribution in [2.75, 3.05) is 24.6 Å². The van der Waals surface area contributed by atoms with Crippen molar-refractivity contribution in [2.24, 2.45) is 0 Å². The van der Waals surface area contributed by atoms with Crippen LogP contribution in [-0.2, 0) is 27.8 Å². The van der Waals surface area contributed by atoms with Crippen molar-refractivity contribution in [2.45, 2.75) is 62.9 Å². The Hall–Kier alpha value is 0.560. The topological polar surface area (TPSA) is 264 Å². The third-order valence-corrected chi connectivity index (χ3v) is 15.8. The number of hydrogen-bond donors (Lipinski definition) is 8. The summed E-state index contributed by atoms with van der Waals surface area (Å²) in [6, 6.07) is 0. The van der Waals surface area contributed by atoms with Gasteiger partial charge in [0.05, 0.1) is 25.9 Å². The summed E-state index contributed by atoms with van der Waals surface area (Å²) in [5.41, 5.74) is 0. The molecule has 0 aromatic carbocycles. The first-order valence-corrected chi connectivity index (χ1v) is 20.5. The van der Waals surface area contributed by atoms with Crippen molar-refractivity contribution in [1.82, 2.24) is 0 Å². The highest BCUT2D eigenvalue weighted by atomic mass is 33.1. The van der Waals surface area contributed by atoms with E-state index in [1.54, 1.807) is 0 Å². The maximum absolute atomic E-state index is 13.0. The molecule has 2 heterocycles. The lowest BCUT2D eigenvalue weighted by Gasteiger charge is -2.44. The molecule has 8 N–H and O–H groups in total. The van der Waals surface area contributed by atoms with Crippen LogP contribution in [0, 0.1) is 0 Å². The molecule has 0 saturated carbocycles. The summed E-state index contributed by atoms with van der Waals surface area (Å²) in [7, 11) is -18.7. The summed E-state index contributed by atoms with van der Waals surface area (Å²) in [5.74, 6) is -5.87. The molecule has 2 amide bonds. The number of quaternary nitrogens is 2. The summed E-state index contributed by atoms with van der Waals surface area (Å²) < 4.78 is 45.3. The van der Waals surface area contributed by atoms with E-state index in [1.807, 2.05) is 0 Å².